The molecule has 172 valence electrons. The van der Waals surface area contributed by atoms with Crippen LogP contribution in [-0.4, -0.2) is 54.7 Å². The van der Waals surface area contributed by atoms with Crippen molar-refractivity contribution in [3.05, 3.63) is 53.1 Å². The number of ether oxygens (including phenoxy) is 4. The summed E-state index contributed by atoms with van der Waals surface area (Å²) in [5.74, 6) is 2.00. The second kappa shape index (κ2) is 7.72. The molecule has 3 atom stereocenters. The highest BCUT2D eigenvalue weighted by Crippen LogP contribution is 2.48. The SMILES string of the molecule is C=C(C)[C@H]1Cc2c(ccc(C3=NN(C(C)=O)C4COc5cc(OC)c(OC)cc5C34)c2O)O1. The second-order valence-electron chi connectivity index (χ2n) is 8.55. The number of hydrazone groups is 1. The maximum atomic E-state index is 12.4. The number of nitrogens with zero attached hydrogens (tertiary/aromatic N) is 2. The molecule has 1 amide bonds. The Hall–Kier alpha value is -3.68. The fourth-order valence-electron chi connectivity index (χ4n) is 4.83. The average Bonchev–Trinajstić information content (AvgIpc) is 3.41. The molecule has 1 N–H and O–H groups in total. The molecular formula is C25H26N2O6. The first-order valence-electron chi connectivity index (χ1n) is 10.8. The van der Waals surface area contributed by atoms with E-state index in [1.165, 1.54) is 11.9 Å². The molecule has 2 aromatic rings. The third kappa shape index (κ3) is 3.20. The topological polar surface area (TPSA) is 89.8 Å². The van der Waals surface area contributed by atoms with Gasteiger partial charge in [-0.3, -0.25) is 4.79 Å². The number of aromatic hydroxyl groups is 1. The van der Waals surface area contributed by atoms with Gasteiger partial charge in [-0.15, -0.1) is 0 Å². The molecule has 2 aromatic carbocycles. The monoisotopic (exact) mass is 450 g/mol. The minimum Gasteiger partial charge on any atom is -0.507 e. The summed E-state index contributed by atoms with van der Waals surface area (Å²) in [7, 11) is 3.14. The van der Waals surface area contributed by atoms with Crippen molar-refractivity contribution < 1.29 is 28.8 Å². The lowest BCUT2D eigenvalue weighted by molar-refractivity contribution is -0.131. The number of rotatable bonds is 4. The number of hydrogen-bond acceptors (Lipinski definition) is 7. The van der Waals surface area contributed by atoms with Crippen LogP contribution in [0.25, 0.3) is 0 Å². The van der Waals surface area contributed by atoms with Gasteiger partial charge in [0, 0.05) is 36.1 Å². The molecule has 0 saturated heterocycles. The van der Waals surface area contributed by atoms with Gasteiger partial charge in [-0.1, -0.05) is 6.58 Å². The first-order valence-corrected chi connectivity index (χ1v) is 10.8. The normalized spacial score (nSPS) is 22.4. The number of methoxy groups -OCH3 is 2. The van der Waals surface area contributed by atoms with E-state index < -0.39 is 0 Å². The average molecular weight is 450 g/mol. The van der Waals surface area contributed by atoms with Gasteiger partial charge in [0.25, 0.3) is 0 Å². The highest BCUT2D eigenvalue weighted by atomic mass is 16.5. The fraction of sp³-hybridized carbons (Fsp3) is 0.360. The van der Waals surface area contributed by atoms with Gasteiger partial charge < -0.3 is 24.1 Å². The Kier molecular flexibility index (Phi) is 4.96. The van der Waals surface area contributed by atoms with Crippen LogP contribution in [0.5, 0.6) is 28.7 Å². The van der Waals surface area contributed by atoms with E-state index in [0.29, 0.717) is 40.7 Å². The third-order valence-corrected chi connectivity index (χ3v) is 6.52. The molecule has 8 heteroatoms. The number of fused-ring (bicyclic) bond motifs is 4. The highest BCUT2D eigenvalue weighted by Gasteiger charge is 2.46. The van der Waals surface area contributed by atoms with Crippen molar-refractivity contribution in [2.45, 2.75) is 38.3 Å². The van der Waals surface area contributed by atoms with Gasteiger partial charge in [-0.25, -0.2) is 5.01 Å². The molecule has 3 aliphatic rings. The minimum absolute atomic E-state index is 0.118. The molecule has 0 saturated carbocycles. The molecule has 0 aliphatic carbocycles. The van der Waals surface area contributed by atoms with Gasteiger partial charge in [0.15, 0.2) is 11.5 Å². The molecule has 3 aliphatic heterocycles. The molecule has 8 nitrogen and oxygen atoms in total. The molecular weight excluding hydrogens is 424 g/mol. The Balaban J connectivity index is 1.64. The van der Waals surface area contributed by atoms with Gasteiger partial charge in [0.1, 0.15) is 36.0 Å². The van der Waals surface area contributed by atoms with Crippen molar-refractivity contribution in [1.82, 2.24) is 5.01 Å². The van der Waals surface area contributed by atoms with E-state index >= 15 is 0 Å². The summed E-state index contributed by atoms with van der Waals surface area (Å²) in [5.41, 5.74) is 3.61. The summed E-state index contributed by atoms with van der Waals surface area (Å²) in [6.07, 6.45) is 0.362. The molecule has 0 radical (unpaired) electrons. The van der Waals surface area contributed by atoms with E-state index in [0.717, 1.165) is 16.7 Å². The molecule has 0 bridgehead atoms. The Bertz CT molecular complexity index is 1200. The largest absolute Gasteiger partial charge is 0.507 e. The Labute approximate surface area is 192 Å². The van der Waals surface area contributed by atoms with Gasteiger partial charge in [0.05, 0.1) is 25.8 Å². The van der Waals surface area contributed by atoms with E-state index in [9.17, 15) is 9.90 Å². The molecule has 33 heavy (non-hydrogen) atoms. The van der Waals surface area contributed by atoms with Gasteiger partial charge >= 0.3 is 0 Å². The Morgan fingerprint density at radius 1 is 1.18 bits per heavy atom. The maximum absolute atomic E-state index is 12.4. The summed E-state index contributed by atoms with van der Waals surface area (Å²) in [5, 5.41) is 17.4. The van der Waals surface area contributed by atoms with Crippen LogP contribution in [0.3, 0.4) is 0 Å². The molecule has 0 aromatic heterocycles. The number of hydrogen-bond donors (Lipinski definition) is 1. The summed E-state index contributed by atoms with van der Waals surface area (Å²) in [6, 6.07) is 6.94. The van der Waals surface area contributed by atoms with E-state index in [-0.39, 0.29) is 36.3 Å². The number of carbonyl (C=O) groups excluding carboxylic acids is 1. The summed E-state index contributed by atoms with van der Waals surface area (Å²) in [4.78, 5) is 12.4. The quantitative estimate of drug-likeness (QED) is 0.719. The van der Waals surface area contributed by atoms with Gasteiger partial charge in [-0.05, 0) is 30.7 Å². The van der Waals surface area contributed by atoms with E-state index in [2.05, 4.69) is 11.7 Å². The van der Waals surface area contributed by atoms with Crippen molar-refractivity contribution >= 4 is 11.6 Å². The lowest BCUT2D eigenvalue weighted by Gasteiger charge is -2.32. The van der Waals surface area contributed by atoms with E-state index in [1.807, 2.05) is 19.1 Å². The first kappa shape index (κ1) is 21.2. The van der Waals surface area contributed by atoms with Crippen LogP contribution in [0.15, 0.2) is 41.5 Å². The zero-order valence-electron chi connectivity index (χ0n) is 19.0. The smallest absolute Gasteiger partial charge is 0.239 e. The van der Waals surface area contributed by atoms with Crippen LogP contribution < -0.4 is 18.9 Å². The molecule has 3 heterocycles. The summed E-state index contributed by atoms with van der Waals surface area (Å²) < 4.78 is 22.9. The highest BCUT2D eigenvalue weighted by molar-refractivity contribution is 6.10. The van der Waals surface area contributed by atoms with E-state index in [4.69, 9.17) is 18.9 Å². The lowest BCUT2D eigenvalue weighted by atomic mass is 9.82. The Morgan fingerprint density at radius 3 is 2.58 bits per heavy atom. The Morgan fingerprint density at radius 2 is 1.91 bits per heavy atom. The van der Waals surface area contributed by atoms with Crippen molar-refractivity contribution in [3.8, 4) is 28.7 Å². The van der Waals surface area contributed by atoms with Crippen LogP contribution in [-0.2, 0) is 11.2 Å². The molecule has 5 rings (SSSR count). The summed E-state index contributed by atoms with van der Waals surface area (Å²) >= 11 is 0. The third-order valence-electron chi connectivity index (χ3n) is 6.52. The van der Waals surface area contributed by atoms with Gasteiger partial charge in [0.2, 0.25) is 5.91 Å². The fourth-order valence-corrected chi connectivity index (χ4v) is 4.83. The zero-order valence-corrected chi connectivity index (χ0v) is 19.0. The van der Waals surface area contributed by atoms with Crippen molar-refractivity contribution in [2.75, 3.05) is 20.8 Å². The lowest BCUT2D eigenvalue weighted by Crippen LogP contribution is -2.42. The predicted molar refractivity (Wildman–Crippen MR) is 122 cm³/mol. The zero-order chi connectivity index (χ0) is 23.4. The maximum Gasteiger partial charge on any atom is 0.239 e. The van der Waals surface area contributed by atoms with Gasteiger partial charge in [-0.2, -0.15) is 5.10 Å². The summed E-state index contributed by atoms with van der Waals surface area (Å²) in [6.45, 7) is 7.63. The van der Waals surface area contributed by atoms with Crippen molar-refractivity contribution in [1.29, 1.82) is 0 Å². The minimum atomic E-state index is -0.338. The van der Waals surface area contributed by atoms with Crippen molar-refractivity contribution in [2.24, 2.45) is 5.10 Å². The predicted octanol–water partition coefficient (Wildman–Crippen LogP) is 3.40. The standard InChI is InChI=1S/C25H26N2O6/c1-12(2)19-9-16-18(33-19)7-6-14(25(16)29)24-23-15-8-21(30-4)22(31-5)10-20(15)32-11-17(23)27(26-24)13(3)28/h6-8,10,17,19,23,29H,1,9,11H2,2-5H3/t17?,19-,23?/m1/s1. The molecule has 2 unspecified atom stereocenters. The van der Waals surface area contributed by atoms with E-state index in [1.54, 1.807) is 26.4 Å². The van der Waals surface area contributed by atoms with Crippen LogP contribution in [0.1, 0.15) is 36.5 Å². The van der Waals surface area contributed by atoms with Crippen LogP contribution >= 0.6 is 0 Å². The second-order valence-corrected chi connectivity index (χ2v) is 8.55. The number of phenolic OH excluding ortho intramolecular Hbond substituents is 1. The van der Waals surface area contributed by atoms with Crippen LogP contribution in [0.2, 0.25) is 0 Å². The first-order chi connectivity index (χ1) is 15.8. The number of amides is 1. The molecule has 0 spiro atoms. The number of carbonyl (C=O) groups is 1. The van der Waals surface area contributed by atoms with Crippen LogP contribution in [0.4, 0.5) is 0 Å². The number of phenols is 1. The van der Waals surface area contributed by atoms with Crippen molar-refractivity contribution in [3.63, 3.8) is 0 Å². The van der Waals surface area contributed by atoms with Crippen LogP contribution in [0, 0.1) is 0 Å². The molecule has 0 fully saturated rings. The number of benzene rings is 2.